The van der Waals surface area contributed by atoms with Gasteiger partial charge in [-0.25, -0.2) is 8.42 Å². The molecule has 2 fully saturated rings. The molecule has 0 aliphatic carbocycles. The van der Waals surface area contributed by atoms with Gasteiger partial charge >= 0.3 is 5.97 Å². The normalized spacial score (nSPS) is 24.4. The molecule has 33 heavy (non-hydrogen) atoms. The maximum Gasteiger partial charge on any atom is 0.309 e. The first-order valence-corrected chi connectivity index (χ1v) is 13.0. The molecule has 2 saturated heterocycles. The number of nitrogens with zero attached hydrogens (tertiary/aromatic N) is 2. The number of rotatable bonds is 5. The van der Waals surface area contributed by atoms with Gasteiger partial charge in [-0.05, 0) is 43.2 Å². The Morgan fingerprint density at radius 3 is 2.33 bits per heavy atom. The number of fused-ring (bicyclic) bond motifs is 1. The molecule has 2 atom stereocenters. The van der Waals surface area contributed by atoms with Crippen molar-refractivity contribution in [3.05, 3.63) is 18.2 Å². The highest BCUT2D eigenvalue weighted by Gasteiger charge is 2.34. The summed E-state index contributed by atoms with van der Waals surface area (Å²) in [5.41, 5.74) is 0. The van der Waals surface area contributed by atoms with E-state index in [9.17, 15) is 18.0 Å². The van der Waals surface area contributed by atoms with Crippen LogP contribution in [0.25, 0.3) is 0 Å². The van der Waals surface area contributed by atoms with Crippen molar-refractivity contribution in [2.24, 2.45) is 17.8 Å². The summed E-state index contributed by atoms with van der Waals surface area (Å²) in [6.45, 7) is 6.61. The summed E-state index contributed by atoms with van der Waals surface area (Å²) in [6.07, 6.45) is 1.81. The lowest BCUT2D eigenvalue weighted by atomic mass is 9.92. The zero-order valence-electron chi connectivity index (χ0n) is 19.2. The van der Waals surface area contributed by atoms with Crippen molar-refractivity contribution >= 4 is 21.9 Å². The number of likely N-dealkylation sites (tertiary alicyclic amines) is 1. The Morgan fingerprint density at radius 1 is 1.03 bits per heavy atom. The van der Waals surface area contributed by atoms with Crippen molar-refractivity contribution in [3.8, 4) is 11.5 Å². The first-order chi connectivity index (χ1) is 15.7. The van der Waals surface area contributed by atoms with Crippen molar-refractivity contribution < 1.29 is 32.2 Å². The molecular weight excluding hydrogens is 448 g/mol. The highest BCUT2D eigenvalue weighted by molar-refractivity contribution is 7.89. The highest BCUT2D eigenvalue weighted by atomic mass is 32.2. The van der Waals surface area contributed by atoms with Gasteiger partial charge in [-0.15, -0.1) is 0 Å². The van der Waals surface area contributed by atoms with Gasteiger partial charge in [0, 0.05) is 32.2 Å². The molecule has 0 aromatic heterocycles. The Balaban J connectivity index is 1.28. The second-order valence-electron chi connectivity index (χ2n) is 9.34. The molecule has 0 bridgehead atoms. The maximum absolute atomic E-state index is 13.1. The lowest BCUT2D eigenvalue weighted by Gasteiger charge is -2.35. The summed E-state index contributed by atoms with van der Waals surface area (Å²) in [5.74, 6) is 0.817. The molecule has 0 radical (unpaired) electrons. The molecule has 1 aromatic rings. The largest absolute Gasteiger partial charge is 0.486 e. The summed E-state index contributed by atoms with van der Waals surface area (Å²) >= 11 is 0. The van der Waals surface area contributed by atoms with Gasteiger partial charge < -0.3 is 19.1 Å². The molecule has 1 amide bonds. The van der Waals surface area contributed by atoms with Crippen LogP contribution in [0.15, 0.2) is 23.1 Å². The Morgan fingerprint density at radius 2 is 1.67 bits per heavy atom. The van der Waals surface area contributed by atoms with Crippen LogP contribution in [0, 0.1) is 17.8 Å². The van der Waals surface area contributed by atoms with E-state index in [0.717, 1.165) is 6.42 Å². The number of carbonyl (C=O) groups excluding carboxylic acids is 2. The van der Waals surface area contributed by atoms with E-state index in [1.54, 1.807) is 11.0 Å². The second-order valence-corrected chi connectivity index (χ2v) is 11.3. The number of sulfonamides is 1. The van der Waals surface area contributed by atoms with Crippen molar-refractivity contribution in [2.75, 3.05) is 46.0 Å². The van der Waals surface area contributed by atoms with Gasteiger partial charge in [-0.3, -0.25) is 9.59 Å². The summed E-state index contributed by atoms with van der Waals surface area (Å²) in [4.78, 5) is 26.9. The molecule has 0 N–H and O–H groups in total. The highest BCUT2D eigenvalue weighted by Crippen LogP contribution is 2.34. The SMILES string of the molecule is C[C@@H]1C[C@@H](C)CN(C(=O)COC(=O)C2CCN(S(=O)(=O)c3ccc4c(c3)OCCO4)CC2)C1. The van der Waals surface area contributed by atoms with Gasteiger partial charge in [-0.1, -0.05) is 13.8 Å². The quantitative estimate of drug-likeness (QED) is 0.593. The molecule has 182 valence electrons. The van der Waals surface area contributed by atoms with Gasteiger partial charge in [0.25, 0.3) is 5.91 Å². The zero-order chi connectivity index (χ0) is 23.6. The van der Waals surface area contributed by atoms with Crippen molar-refractivity contribution in [3.63, 3.8) is 0 Å². The van der Waals surface area contributed by atoms with Gasteiger partial charge in [0.05, 0.1) is 10.8 Å². The third kappa shape index (κ3) is 5.43. The first-order valence-electron chi connectivity index (χ1n) is 11.6. The molecule has 10 heteroatoms. The van der Waals surface area contributed by atoms with Crippen molar-refractivity contribution in [2.45, 2.75) is 38.0 Å². The Labute approximate surface area is 195 Å². The fraction of sp³-hybridized carbons (Fsp3) is 0.652. The fourth-order valence-corrected chi connectivity index (χ4v) is 6.36. The number of amides is 1. The summed E-state index contributed by atoms with van der Waals surface area (Å²) in [5, 5.41) is 0. The van der Waals surface area contributed by atoms with Crippen LogP contribution in [0.4, 0.5) is 0 Å². The predicted octanol–water partition coefficient (Wildman–Crippen LogP) is 1.91. The molecule has 0 spiro atoms. The predicted molar refractivity (Wildman–Crippen MR) is 119 cm³/mol. The summed E-state index contributed by atoms with van der Waals surface area (Å²) < 4.78 is 43.7. The van der Waals surface area contributed by atoms with E-state index in [1.807, 2.05) is 0 Å². The number of ether oxygens (including phenoxy) is 3. The molecule has 0 unspecified atom stereocenters. The van der Waals surface area contributed by atoms with Crippen LogP contribution in [0.1, 0.15) is 33.1 Å². The standard InChI is InChI=1S/C23H32N2O7S/c1-16-11-17(2)14-24(13-16)22(26)15-32-23(27)18-5-7-25(8-6-18)33(28,29)19-3-4-20-21(12-19)31-10-9-30-20/h3-4,12,16-18H,5-11,13-15H2,1-2H3/t16-,17-/m1/s1. The Kier molecular flexibility index (Phi) is 7.13. The van der Waals surface area contributed by atoms with Gasteiger partial charge in [0.1, 0.15) is 13.2 Å². The molecule has 3 heterocycles. The third-order valence-corrected chi connectivity index (χ3v) is 8.39. The smallest absolute Gasteiger partial charge is 0.309 e. The van der Waals surface area contributed by atoms with Gasteiger partial charge in [-0.2, -0.15) is 4.31 Å². The number of benzene rings is 1. The zero-order valence-corrected chi connectivity index (χ0v) is 20.0. The van der Waals surface area contributed by atoms with Crippen LogP contribution in [0.5, 0.6) is 11.5 Å². The lowest BCUT2D eigenvalue weighted by Crippen LogP contribution is -2.45. The van der Waals surface area contributed by atoms with Crippen molar-refractivity contribution in [1.82, 2.24) is 9.21 Å². The minimum absolute atomic E-state index is 0.142. The van der Waals surface area contributed by atoms with E-state index in [2.05, 4.69) is 13.8 Å². The molecule has 0 saturated carbocycles. The number of carbonyl (C=O) groups is 2. The summed E-state index contributed by atoms with van der Waals surface area (Å²) in [7, 11) is -3.71. The van der Waals surface area contributed by atoms with E-state index in [0.29, 0.717) is 62.5 Å². The second kappa shape index (κ2) is 9.89. The number of hydrogen-bond acceptors (Lipinski definition) is 7. The van der Waals surface area contributed by atoms with Crippen LogP contribution in [0.3, 0.4) is 0 Å². The molecule has 3 aliphatic rings. The van der Waals surface area contributed by atoms with E-state index in [1.165, 1.54) is 16.4 Å². The molecular formula is C23H32N2O7S. The van der Waals surface area contributed by atoms with Crippen LogP contribution < -0.4 is 9.47 Å². The Bertz CT molecular complexity index is 979. The van der Waals surface area contributed by atoms with Crippen molar-refractivity contribution in [1.29, 1.82) is 0 Å². The van der Waals surface area contributed by atoms with E-state index in [-0.39, 0.29) is 30.5 Å². The topological polar surface area (TPSA) is 102 Å². The Hall–Kier alpha value is -2.33. The minimum Gasteiger partial charge on any atom is -0.486 e. The average molecular weight is 481 g/mol. The average Bonchev–Trinajstić information content (AvgIpc) is 2.81. The van der Waals surface area contributed by atoms with Gasteiger partial charge in [0.2, 0.25) is 10.0 Å². The van der Waals surface area contributed by atoms with Crippen LogP contribution in [0.2, 0.25) is 0 Å². The lowest BCUT2D eigenvalue weighted by molar-refractivity contribution is -0.157. The van der Waals surface area contributed by atoms with E-state index in [4.69, 9.17) is 14.2 Å². The number of esters is 1. The molecule has 3 aliphatic heterocycles. The molecule has 1 aromatic carbocycles. The third-order valence-electron chi connectivity index (χ3n) is 6.50. The number of hydrogen-bond donors (Lipinski definition) is 0. The maximum atomic E-state index is 13.1. The monoisotopic (exact) mass is 480 g/mol. The first kappa shape index (κ1) is 23.8. The fourth-order valence-electron chi connectivity index (χ4n) is 4.87. The van der Waals surface area contributed by atoms with Crippen LogP contribution >= 0.6 is 0 Å². The van der Waals surface area contributed by atoms with E-state index >= 15 is 0 Å². The summed E-state index contributed by atoms with van der Waals surface area (Å²) in [6, 6.07) is 4.60. The molecule has 4 rings (SSSR count). The minimum atomic E-state index is -3.71. The molecule has 9 nitrogen and oxygen atoms in total. The van der Waals surface area contributed by atoms with Crippen LogP contribution in [-0.2, 0) is 24.3 Å². The number of piperidine rings is 2. The van der Waals surface area contributed by atoms with E-state index < -0.39 is 21.9 Å². The van der Waals surface area contributed by atoms with Gasteiger partial charge in [0.15, 0.2) is 18.1 Å². The van der Waals surface area contributed by atoms with Crippen LogP contribution in [-0.4, -0.2) is 75.5 Å².